The first-order chi connectivity index (χ1) is 21.4. The maximum atomic E-state index is 13.3. The number of urea groups is 1. The van der Waals surface area contributed by atoms with Gasteiger partial charge in [-0.15, -0.1) is 0 Å². The van der Waals surface area contributed by atoms with Gasteiger partial charge in [0.05, 0.1) is 25.7 Å². The van der Waals surface area contributed by atoms with Gasteiger partial charge in [0.1, 0.15) is 0 Å². The van der Waals surface area contributed by atoms with Gasteiger partial charge < -0.3 is 45.7 Å². The number of hydrogen-bond acceptors (Lipinski definition) is 9. The van der Waals surface area contributed by atoms with Crippen molar-refractivity contribution in [1.82, 2.24) is 16.0 Å². The number of hydrogen-bond donors (Lipinski definition) is 5. The second-order valence-corrected chi connectivity index (χ2v) is 11.9. The molecule has 1 aliphatic carbocycles. The molecule has 0 radical (unpaired) electrons. The topological polar surface area (TPSA) is 153 Å². The Kier molecular flexibility index (Phi) is 10.7. The summed E-state index contributed by atoms with van der Waals surface area (Å²) in [7, 11) is 1.50. The maximum Gasteiger partial charge on any atom is 0.315 e. The number of aryl methyl sites for hydroxylation is 1. The Morgan fingerprint density at radius 3 is 2.41 bits per heavy atom. The SMILES string of the molecule is COc1cc(C2c3cc4c(cc3[C@@H](NC(=O)NCCCNCCCCCCCCN)[C@H]3COC(=O)[C@H]23)OCO4)cc(C)c1O. The monoisotopic (exact) mass is 610 g/mol. The number of esters is 1. The number of carbonyl (C=O) groups excluding carboxylic acids is 2. The van der Waals surface area contributed by atoms with Crippen LogP contribution in [0.15, 0.2) is 24.3 Å². The van der Waals surface area contributed by atoms with Crippen molar-refractivity contribution in [3.63, 3.8) is 0 Å². The third-order valence-corrected chi connectivity index (χ3v) is 8.96. The summed E-state index contributed by atoms with van der Waals surface area (Å²) in [5.74, 6) is 0.00650. The number of methoxy groups -OCH3 is 1. The Hall–Kier alpha value is -3.70. The van der Waals surface area contributed by atoms with E-state index in [1.165, 1.54) is 32.8 Å². The molecule has 2 aliphatic heterocycles. The minimum absolute atomic E-state index is 0.0592. The molecule has 2 heterocycles. The van der Waals surface area contributed by atoms with Crippen LogP contribution in [0.2, 0.25) is 0 Å². The molecule has 1 fully saturated rings. The fraction of sp³-hybridized carbons (Fsp3) is 0.576. The normalized spacial score (nSPS) is 21.4. The molecular weight excluding hydrogens is 564 g/mol. The number of cyclic esters (lactones) is 1. The Bertz CT molecular complexity index is 1320. The molecular formula is C33H46N4O7. The van der Waals surface area contributed by atoms with Crippen LogP contribution in [0.5, 0.6) is 23.0 Å². The zero-order valence-corrected chi connectivity index (χ0v) is 25.8. The van der Waals surface area contributed by atoms with Crippen molar-refractivity contribution >= 4 is 12.0 Å². The maximum absolute atomic E-state index is 13.3. The van der Waals surface area contributed by atoms with Crippen LogP contribution in [0, 0.1) is 18.8 Å². The third-order valence-electron chi connectivity index (χ3n) is 8.96. The molecule has 5 rings (SSSR count). The zero-order valence-electron chi connectivity index (χ0n) is 25.8. The van der Waals surface area contributed by atoms with Gasteiger partial charge in [-0.3, -0.25) is 4.79 Å². The minimum Gasteiger partial charge on any atom is -0.504 e. The molecule has 0 aromatic heterocycles. The van der Waals surface area contributed by atoms with Gasteiger partial charge in [0.15, 0.2) is 23.0 Å². The first kappa shape index (κ1) is 31.7. The van der Waals surface area contributed by atoms with E-state index in [-0.39, 0.29) is 37.1 Å². The minimum atomic E-state index is -0.549. The molecule has 44 heavy (non-hydrogen) atoms. The lowest BCUT2D eigenvalue weighted by molar-refractivity contribution is -0.141. The molecule has 0 spiro atoms. The lowest BCUT2D eigenvalue weighted by atomic mass is 9.65. The van der Waals surface area contributed by atoms with E-state index in [2.05, 4.69) is 16.0 Å². The Labute approximate surface area is 259 Å². The van der Waals surface area contributed by atoms with E-state index in [9.17, 15) is 14.7 Å². The van der Waals surface area contributed by atoms with Crippen LogP contribution < -0.4 is 35.9 Å². The number of benzene rings is 2. The summed E-state index contributed by atoms with van der Waals surface area (Å²) in [6, 6.07) is 6.67. The van der Waals surface area contributed by atoms with Gasteiger partial charge >= 0.3 is 12.0 Å². The number of unbranched alkanes of at least 4 members (excludes halogenated alkanes) is 5. The fourth-order valence-corrected chi connectivity index (χ4v) is 6.69. The lowest BCUT2D eigenvalue weighted by Crippen LogP contribution is -2.46. The van der Waals surface area contributed by atoms with E-state index in [1.54, 1.807) is 13.0 Å². The van der Waals surface area contributed by atoms with Crippen LogP contribution in [-0.4, -0.2) is 63.8 Å². The molecule has 0 bridgehead atoms. The lowest BCUT2D eigenvalue weighted by Gasteiger charge is -2.39. The second kappa shape index (κ2) is 14.9. The van der Waals surface area contributed by atoms with E-state index in [0.717, 1.165) is 55.6 Å². The molecule has 6 N–H and O–H groups in total. The number of fused-ring (bicyclic) bond motifs is 3. The summed E-state index contributed by atoms with van der Waals surface area (Å²) in [6.45, 7) is 5.19. The third kappa shape index (κ3) is 6.99. The molecule has 240 valence electrons. The van der Waals surface area contributed by atoms with Crippen molar-refractivity contribution in [3.8, 4) is 23.0 Å². The summed E-state index contributed by atoms with van der Waals surface area (Å²) in [5, 5.41) is 20.1. The molecule has 2 amide bonds. The predicted molar refractivity (Wildman–Crippen MR) is 165 cm³/mol. The van der Waals surface area contributed by atoms with Gasteiger partial charge in [-0.2, -0.15) is 0 Å². The quantitative estimate of drug-likeness (QED) is 0.149. The number of carbonyl (C=O) groups is 2. The van der Waals surface area contributed by atoms with Gasteiger partial charge in [0, 0.05) is 18.4 Å². The number of phenolic OH excluding ortho intramolecular Hbond substituents is 1. The Balaban J connectivity index is 1.25. The summed E-state index contributed by atoms with van der Waals surface area (Å²) in [4.78, 5) is 26.4. The molecule has 1 saturated heterocycles. The molecule has 4 atom stereocenters. The highest BCUT2D eigenvalue weighted by Crippen LogP contribution is 2.55. The van der Waals surface area contributed by atoms with Gasteiger partial charge in [0.2, 0.25) is 6.79 Å². The number of aromatic hydroxyl groups is 1. The molecule has 0 saturated carbocycles. The van der Waals surface area contributed by atoms with E-state index in [1.807, 2.05) is 18.2 Å². The highest BCUT2D eigenvalue weighted by Gasteiger charge is 2.53. The number of nitrogens with two attached hydrogens (primary N) is 1. The first-order valence-corrected chi connectivity index (χ1v) is 15.9. The van der Waals surface area contributed by atoms with Gasteiger partial charge in [-0.25, -0.2) is 4.79 Å². The van der Waals surface area contributed by atoms with Crippen molar-refractivity contribution in [1.29, 1.82) is 0 Å². The van der Waals surface area contributed by atoms with Crippen LogP contribution in [-0.2, 0) is 9.53 Å². The Morgan fingerprint density at radius 2 is 1.66 bits per heavy atom. The van der Waals surface area contributed by atoms with Gasteiger partial charge in [0.25, 0.3) is 0 Å². The van der Waals surface area contributed by atoms with Crippen LogP contribution in [0.1, 0.15) is 79.2 Å². The highest BCUT2D eigenvalue weighted by molar-refractivity contribution is 5.80. The van der Waals surface area contributed by atoms with Crippen molar-refractivity contribution in [2.45, 2.75) is 63.8 Å². The predicted octanol–water partition coefficient (Wildman–Crippen LogP) is 3.99. The van der Waals surface area contributed by atoms with Crippen molar-refractivity contribution in [2.75, 3.05) is 46.7 Å². The smallest absolute Gasteiger partial charge is 0.315 e. The van der Waals surface area contributed by atoms with E-state index in [0.29, 0.717) is 29.4 Å². The number of ether oxygens (including phenoxy) is 4. The summed E-state index contributed by atoms with van der Waals surface area (Å²) in [6.07, 6.45) is 8.00. The van der Waals surface area contributed by atoms with Gasteiger partial charge in [-0.05, 0) is 86.3 Å². The highest BCUT2D eigenvalue weighted by atomic mass is 16.7. The second-order valence-electron chi connectivity index (χ2n) is 11.9. The summed E-state index contributed by atoms with van der Waals surface area (Å²) >= 11 is 0. The molecule has 2 aromatic carbocycles. The van der Waals surface area contributed by atoms with Crippen molar-refractivity contribution in [2.24, 2.45) is 17.6 Å². The largest absolute Gasteiger partial charge is 0.504 e. The molecule has 2 aromatic rings. The molecule has 3 aliphatic rings. The number of nitrogens with one attached hydrogen (secondary N) is 3. The number of amides is 2. The molecule has 11 heteroatoms. The first-order valence-electron chi connectivity index (χ1n) is 15.9. The molecule has 11 nitrogen and oxygen atoms in total. The van der Waals surface area contributed by atoms with Gasteiger partial charge in [-0.1, -0.05) is 31.7 Å². The average molecular weight is 611 g/mol. The van der Waals surface area contributed by atoms with E-state index in [4.69, 9.17) is 24.7 Å². The standard InChI is InChI=1S/C33H46N4O7/c1-20-14-21(15-27(41-2)31(20)38)28-22-16-25-26(44-19-43-25)17-23(22)30(24-18-42-32(39)29(24)28)37-33(40)36-13-9-12-35-11-8-6-4-3-5-7-10-34/h14-17,24,28-30,35,38H,3-13,18-19,34H2,1-2H3,(H2,36,37,40)/t24-,28?,29-,30+/m0/s1. The van der Waals surface area contributed by atoms with Crippen LogP contribution in [0.3, 0.4) is 0 Å². The molecule has 1 unspecified atom stereocenters. The van der Waals surface area contributed by atoms with Crippen LogP contribution in [0.4, 0.5) is 4.79 Å². The number of phenols is 1. The number of rotatable bonds is 15. The van der Waals surface area contributed by atoms with E-state index < -0.39 is 17.9 Å². The van der Waals surface area contributed by atoms with E-state index >= 15 is 0 Å². The average Bonchev–Trinajstić information content (AvgIpc) is 3.64. The fourth-order valence-electron chi connectivity index (χ4n) is 6.69. The zero-order chi connectivity index (χ0) is 31.1. The van der Waals surface area contributed by atoms with Crippen molar-refractivity contribution < 1.29 is 33.6 Å². The van der Waals surface area contributed by atoms with Crippen LogP contribution in [0.25, 0.3) is 0 Å². The van der Waals surface area contributed by atoms with Crippen LogP contribution >= 0.6 is 0 Å². The van der Waals surface area contributed by atoms with Crippen molar-refractivity contribution in [3.05, 3.63) is 46.5 Å². The summed E-state index contributed by atoms with van der Waals surface area (Å²) < 4.78 is 22.5. The Morgan fingerprint density at radius 1 is 0.955 bits per heavy atom. The summed E-state index contributed by atoms with van der Waals surface area (Å²) in [5.41, 5.74) is 8.68.